The molecule has 0 heterocycles. The number of hydrogen-bond acceptors (Lipinski definition) is 3. The highest BCUT2D eigenvalue weighted by atomic mass is 35.5. The Hall–Kier alpha value is -0.700. The second-order valence-corrected chi connectivity index (χ2v) is 5.03. The summed E-state index contributed by atoms with van der Waals surface area (Å²) in [5.74, 6) is -1.29. The van der Waals surface area contributed by atoms with E-state index in [4.69, 9.17) is 11.6 Å². The van der Waals surface area contributed by atoms with Gasteiger partial charge in [-0.3, -0.25) is 14.4 Å². The third-order valence-electron chi connectivity index (χ3n) is 4.04. The summed E-state index contributed by atoms with van der Waals surface area (Å²) in [6.45, 7) is 3.57. The first kappa shape index (κ1) is 9.84. The number of ketones is 2. The molecule has 0 aromatic heterocycles. The molecule has 2 aliphatic rings. The van der Waals surface area contributed by atoms with Gasteiger partial charge in [0.1, 0.15) is 5.41 Å². The fourth-order valence-corrected chi connectivity index (χ4v) is 3.44. The van der Waals surface area contributed by atoms with E-state index in [0.29, 0.717) is 12.8 Å². The van der Waals surface area contributed by atoms with Gasteiger partial charge in [0.05, 0.1) is 0 Å². The van der Waals surface area contributed by atoms with Crippen LogP contribution in [0.4, 0.5) is 0 Å². The maximum Gasteiger partial charge on any atom is 0.236 e. The molecule has 2 rings (SSSR count). The number of Topliss-reactive ketones (excluding diaryl/α,β-unsaturated/α-hetero) is 2. The summed E-state index contributed by atoms with van der Waals surface area (Å²) >= 11 is 5.50. The highest BCUT2D eigenvalue weighted by Crippen LogP contribution is 2.63. The van der Waals surface area contributed by atoms with E-state index in [2.05, 4.69) is 0 Å². The van der Waals surface area contributed by atoms with Crippen molar-refractivity contribution in [3.63, 3.8) is 0 Å². The Kier molecular flexibility index (Phi) is 1.72. The Labute approximate surface area is 86.8 Å². The van der Waals surface area contributed by atoms with Crippen molar-refractivity contribution in [2.75, 3.05) is 0 Å². The van der Waals surface area contributed by atoms with Gasteiger partial charge < -0.3 is 0 Å². The largest absolute Gasteiger partial charge is 0.291 e. The van der Waals surface area contributed by atoms with E-state index in [9.17, 15) is 14.4 Å². The second-order valence-electron chi connectivity index (χ2n) is 4.69. The SMILES string of the molecule is CC1(C)C2CC[C@@]1(C(=O)Cl)C(=O)C2=O. The first-order chi connectivity index (χ1) is 6.35. The predicted octanol–water partition coefficient (Wildman–Crippen LogP) is 1.33. The number of rotatable bonds is 1. The van der Waals surface area contributed by atoms with Crippen LogP contribution in [0.2, 0.25) is 0 Å². The Balaban J connectivity index is 2.65. The van der Waals surface area contributed by atoms with Crippen LogP contribution in [0.3, 0.4) is 0 Å². The van der Waals surface area contributed by atoms with Crippen LogP contribution in [-0.4, -0.2) is 16.8 Å². The summed E-state index contributed by atoms with van der Waals surface area (Å²) in [7, 11) is 0. The molecular formula is C10H11ClO3. The highest BCUT2D eigenvalue weighted by molar-refractivity contribution is 6.69. The van der Waals surface area contributed by atoms with E-state index in [1.54, 1.807) is 13.8 Å². The molecule has 0 radical (unpaired) electrons. The molecule has 0 spiro atoms. The number of carbonyl (C=O) groups excluding carboxylic acids is 3. The minimum atomic E-state index is -1.23. The average Bonchev–Trinajstić information content (AvgIpc) is 2.41. The second kappa shape index (κ2) is 2.45. The molecule has 14 heavy (non-hydrogen) atoms. The third-order valence-corrected chi connectivity index (χ3v) is 4.37. The van der Waals surface area contributed by atoms with Crippen molar-refractivity contribution in [2.45, 2.75) is 26.7 Å². The molecule has 0 N–H and O–H groups in total. The normalized spacial score (nSPS) is 39.2. The molecule has 2 saturated carbocycles. The van der Waals surface area contributed by atoms with Crippen LogP contribution >= 0.6 is 11.6 Å². The lowest BCUT2D eigenvalue weighted by Crippen LogP contribution is -2.42. The maximum atomic E-state index is 11.7. The standard InChI is InChI=1S/C10H11ClO3/c1-9(2)5-3-4-10(9,8(11)14)7(13)6(5)12/h5H,3-4H2,1-2H3/t5?,10-/m0/s1. The van der Waals surface area contributed by atoms with E-state index in [1.807, 2.05) is 0 Å². The summed E-state index contributed by atoms with van der Waals surface area (Å²) in [4.78, 5) is 34.6. The molecule has 0 amide bonds. The van der Waals surface area contributed by atoms with Gasteiger partial charge in [-0.25, -0.2) is 0 Å². The molecule has 0 aliphatic heterocycles. The van der Waals surface area contributed by atoms with Crippen LogP contribution in [0.1, 0.15) is 26.7 Å². The molecule has 2 atom stereocenters. The van der Waals surface area contributed by atoms with Crippen LogP contribution in [0.5, 0.6) is 0 Å². The summed E-state index contributed by atoms with van der Waals surface area (Å²) in [5, 5.41) is -0.666. The van der Waals surface area contributed by atoms with E-state index < -0.39 is 27.6 Å². The monoisotopic (exact) mass is 214 g/mol. The molecule has 0 aromatic rings. The van der Waals surface area contributed by atoms with Crippen molar-refractivity contribution >= 4 is 28.4 Å². The molecule has 2 aliphatic carbocycles. The van der Waals surface area contributed by atoms with Gasteiger partial charge in [-0.1, -0.05) is 13.8 Å². The summed E-state index contributed by atoms with van der Waals surface area (Å²) in [5.41, 5.74) is -1.82. The molecular weight excluding hydrogens is 204 g/mol. The molecule has 4 heteroatoms. The Morgan fingerprint density at radius 2 is 2.00 bits per heavy atom. The lowest BCUT2D eigenvalue weighted by atomic mass is 9.70. The molecule has 76 valence electrons. The minimum Gasteiger partial charge on any atom is -0.291 e. The van der Waals surface area contributed by atoms with Gasteiger partial charge in [-0.15, -0.1) is 0 Å². The van der Waals surface area contributed by atoms with Crippen LogP contribution in [0, 0.1) is 16.7 Å². The molecule has 2 bridgehead atoms. The summed E-state index contributed by atoms with van der Waals surface area (Å²) in [6, 6.07) is 0. The number of halogens is 1. The Bertz CT molecular complexity index is 358. The third kappa shape index (κ3) is 0.738. The molecule has 0 saturated heterocycles. The quantitative estimate of drug-likeness (QED) is 0.376. The van der Waals surface area contributed by atoms with E-state index in [1.165, 1.54) is 0 Å². The van der Waals surface area contributed by atoms with Gasteiger partial charge in [0.25, 0.3) is 0 Å². The molecule has 2 fully saturated rings. The van der Waals surface area contributed by atoms with Crippen molar-refractivity contribution in [1.82, 2.24) is 0 Å². The van der Waals surface area contributed by atoms with Crippen LogP contribution in [0.15, 0.2) is 0 Å². The summed E-state index contributed by atoms with van der Waals surface area (Å²) < 4.78 is 0. The fourth-order valence-electron chi connectivity index (χ4n) is 3.02. The van der Waals surface area contributed by atoms with Crippen LogP contribution in [0.25, 0.3) is 0 Å². The zero-order valence-electron chi connectivity index (χ0n) is 8.09. The molecule has 1 unspecified atom stereocenters. The van der Waals surface area contributed by atoms with Crippen molar-refractivity contribution < 1.29 is 14.4 Å². The van der Waals surface area contributed by atoms with Gasteiger partial charge >= 0.3 is 0 Å². The van der Waals surface area contributed by atoms with Crippen LogP contribution in [-0.2, 0) is 14.4 Å². The van der Waals surface area contributed by atoms with Crippen molar-refractivity contribution in [3.8, 4) is 0 Å². The van der Waals surface area contributed by atoms with Gasteiger partial charge in [-0.05, 0) is 29.9 Å². The zero-order valence-corrected chi connectivity index (χ0v) is 8.85. The van der Waals surface area contributed by atoms with Crippen molar-refractivity contribution in [3.05, 3.63) is 0 Å². The summed E-state index contributed by atoms with van der Waals surface area (Å²) in [6.07, 6.45) is 1.04. The highest BCUT2D eigenvalue weighted by Gasteiger charge is 2.72. The van der Waals surface area contributed by atoms with Crippen LogP contribution < -0.4 is 0 Å². The van der Waals surface area contributed by atoms with E-state index in [-0.39, 0.29) is 5.92 Å². The van der Waals surface area contributed by atoms with Crippen molar-refractivity contribution in [1.29, 1.82) is 0 Å². The van der Waals surface area contributed by atoms with Gasteiger partial charge in [0, 0.05) is 5.92 Å². The lowest BCUT2D eigenvalue weighted by Gasteiger charge is -2.31. The number of hydrogen-bond donors (Lipinski definition) is 0. The van der Waals surface area contributed by atoms with E-state index >= 15 is 0 Å². The Morgan fingerprint density at radius 3 is 2.29 bits per heavy atom. The van der Waals surface area contributed by atoms with Gasteiger partial charge in [-0.2, -0.15) is 0 Å². The van der Waals surface area contributed by atoms with Gasteiger partial charge in [0.15, 0.2) is 0 Å². The molecule has 0 aromatic carbocycles. The average molecular weight is 215 g/mol. The number of carbonyl (C=O) groups is 3. The first-order valence-electron chi connectivity index (χ1n) is 4.64. The number of fused-ring (bicyclic) bond motifs is 2. The fraction of sp³-hybridized carbons (Fsp3) is 0.700. The predicted molar refractivity (Wildman–Crippen MR) is 49.8 cm³/mol. The first-order valence-corrected chi connectivity index (χ1v) is 5.02. The smallest absolute Gasteiger partial charge is 0.236 e. The molecule has 3 nitrogen and oxygen atoms in total. The van der Waals surface area contributed by atoms with Crippen molar-refractivity contribution in [2.24, 2.45) is 16.7 Å². The maximum absolute atomic E-state index is 11.7. The minimum absolute atomic E-state index is 0.308. The van der Waals surface area contributed by atoms with Gasteiger partial charge in [0.2, 0.25) is 16.8 Å². The topological polar surface area (TPSA) is 51.2 Å². The van der Waals surface area contributed by atoms with E-state index in [0.717, 1.165) is 0 Å². The Morgan fingerprint density at radius 1 is 1.43 bits per heavy atom. The lowest BCUT2D eigenvalue weighted by molar-refractivity contribution is -0.145. The zero-order chi connectivity index (χ0) is 10.7.